The fourth-order valence-corrected chi connectivity index (χ4v) is 4.74. The van der Waals surface area contributed by atoms with Crippen LogP contribution in [0.25, 0.3) is 0 Å². The number of esters is 2. The largest absolute Gasteiger partial charge is 0.460 e. The van der Waals surface area contributed by atoms with Crippen LogP contribution in [0.4, 0.5) is 5.69 Å². The van der Waals surface area contributed by atoms with Gasteiger partial charge in [-0.05, 0) is 44.2 Å². The number of rotatable bonds is 6. The molecule has 0 N–H and O–H groups in total. The minimum atomic E-state index is -3.95. The van der Waals surface area contributed by atoms with Crippen molar-refractivity contribution in [3.05, 3.63) is 59.1 Å². The van der Waals surface area contributed by atoms with Crippen molar-refractivity contribution in [2.75, 3.05) is 10.8 Å². The predicted molar refractivity (Wildman–Crippen MR) is 107 cm³/mol. The molecule has 7 nitrogen and oxygen atoms in total. The lowest BCUT2D eigenvalue weighted by Gasteiger charge is -2.23. The van der Waals surface area contributed by atoms with Crippen LogP contribution in [0.1, 0.15) is 30.6 Å². The molecule has 1 saturated heterocycles. The van der Waals surface area contributed by atoms with E-state index >= 15 is 0 Å². The number of nitrogens with zero attached hydrogens (tertiary/aromatic N) is 1. The topological polar surface area (TPSA) is 90.0 Å². The number of cyclic esters (lactones) is 1. The van der Waals surface area contributed by atoms with Crippen LogP contribution in [0.3, 0.4) is 0 Å². The number of carbonyl (C=O) groups excluding carboxylic acids is 2. The molecular formula is C20H20ClNO6S. The molecule has 3 rings (SSSR count). The van der Waals surface area contributed by atoms with Gasteiger partial charge in [0.2, 0.25) is 6.10 Å². The Balaban J connectivity index is 1.91. The van der Waals surface area contributed by atoms with Crippen molar-refractivity contribution in [2.24, 2.45) is 0 Å². The minimum absolute atomic E-state index is 0.0242. The van der Waals surface area contributed by atoms with Crippen molar-refractivity contribution < 1.29 is 27.5 Å². The molecule has 2 atom stereocenters. The van der Waals surface area contributed by atoms with Crippen LogP contribution in [0.2, 0.25) is 5.02 Å². The molecule has 1 fully saturated rings. The number of ether oxygens (including phenoxy) is 2. The maximum atomic E-state index is 13.1. The van der Waals surface area contributed by atoms with E-state index < -0.39 is 28.1 Å². The Morgan fingerprint density at radius 1 is 1.24 bits per heavy atom. The molecule has 1 aliphatic rings. The number of para-hydroxylation sites is 1. The van der Waals surface area contributed by atoms with Crippen LogP contribution >= 0.6 is 11.6 Å². The molecule has 1 aliphatic heterocycles. The van der Waals surface area contributed by atoms with Crippen molar-refractivity contribution in [1.29, 1.82) is 0 Å². The second kappa shape index (κ2) is 8.42. The highest BCUT2D eigenvalue weighted by Crippen LogP contribution is 2.28. The summed E-state index contributed by atoms with van der Waals surface area (Å²) in [6, 6.07) is 12.4. The van der Waals surface area contributed by atoms with E-state index in [0.29, 0.717) is 5.69 Å². The third-order valence-electron chi connectivity index (χ3n) is 4.45. The summed E-state index contributed by atoms with van der Waals surface area (Å²) in [5.74, 6) is -1.52. The first kappa shape index (κ1) is 21.1. The van der Waals surface area contributed by atoms with Crippen LogP contribution in [0.15, 0.2) is 53.4 Å². The standard InChI is InChI=1S/C20H20ClNO6S/c1-3-22(14-7-5-4-6-8-14)29(25,26)15-9-10-17(21)16(12-15)19(23)28-18-11-13(2)27-20(18)24/h4-10,12-13,18H,3,11H2,1-2H3. The predicted octanol–water partition coefficient (Wildman–Crippen LogP) is 3.42. The van der Waals surface area contributed by atoms with Crippen molar-refractivity contribution in [1.82, 2.24) is 0 Å². The van der Waals surface area contributed by atoms with Gasteiger partial charge in [-0.25, -0.2) is 18.0 Å². The Morgan fingerprint density at radius 2 is 1.93 bits per heavy atom. The third-order valence-corrected chi connectivity index (χ3v) is 6.68. The van der Waals surface area contributed by atoms with Gasteiger partial charge < -0.3 is 9.47 Å². The van der Waals surface area contributed by atoms with Crippen LogP contribution in [-0.4, -0.2) is 39.1 Å². The number of sulfonamides is 1. The van der Waals surface area contributed by atoms with Gasteiger partial charge in [0.25, 0.3) is 10.0 Å². The monoisotopic (exact) mass is 437 g/mol. The van der Waals surface area contributed by atoms with Crippen LogP contribution < -0.4 is 4.31 Å². The summed E-state index contributed by atoms with van der Waals surface area (Å²) >= 11 is 6.10. The summed E-state index contributed by atoms with van der Waals surface area (Å²) < 4.78 is 37.7. The lowest BCUT2D eigenvalue weighted by Crippen LogP contribution is -2.31. The van der Waals surface area contributed by atoms with E-state index in [1.54, 1.807) is 44.2 Å². The Bertz CT molecular complexity index is 1020. The first-order valence-corrected chi connectivity index (χ1v) is 10.8. The molecular weight excluding hydrogens is 418 g/mol. The second-order valence-corrected chi connectivity index (χ2v) is 8.79. The number of benzene rings is 2. The Hall–Kier alpha value is -2.58. The van der Waals surface area contributed by atoms with Crippen LogP contribution in [0.5, 0.6) is 0 Å². The lowest BCUT2D eigenvalue weighted by atomic mass is 10.2. The fourth-order valence-electron chi connectivity index (χ4n) is 3.04. The summed E-state index contributed by atoms with van der Waals surface area (Å²) in [7, 11) is -3.95. The summed E-state index contributed by atoms with van der Waals surface area (Å²) in [6.45, 7) is 3.60. The summed E-state index contributed by atoms with van der Waals surface area (Å²) in [6.07, 6.45) is -1.16. The first-order chi connectivity index (χ1) is 13.7. The van der Waals surface area contributed by atoms with Gasteiger partial charge in [-0.2, -0.15) is 0 Å². The van der Waals surface area contributed by atoms with Gasteiger partial charge in [-0.1, -0.05) is 29.8 Å². The Morgan fingerprint density at radius 3 is 2.52 bits per heavy atom. The molecule has 154 valence electrons. The van der Waals surface area contributed by atoms with Gasteiger partial charge in [0.15, 0.2) is 0 Å². The van der Waals surface area contributed by atoms with E-state index in [1.165, 1.54) is 16.4 Å². The molecule has 29 heavy (non-hydrogen) atoms. The van der Waals surface area contributed by atoms with Gasteiger partial charge in [0.05, 0.1) is 21.2 Å². The van der Waals surface area contributed by atoms with E-state index in [2.05, 4.69) is 0 Å². The number of carbonyl (C=O) groups is 2. The van der Waals surface area contributed by atoms with Crippen molar-refractivity contribution in [3.8, 4) is 0 Å². The normalized spacial score (nSPS) is 18.9. The highest BCUT2D eigenvalue weighted by atomic mass is 35.5. The van der Waals surface area contributed by atoms with E-state index in [9.17, 15) is 18.0 Å². The summed E-state index contributed by atoms with van der Waals surface area (Å²) in [4.78, 5) is 24.1. The SMILES string of the molecule is CCN(c1ccccc1)S(=O)(=O)c1ccc(Cl)c(C(=O)OC2CC(C)OC2=O)c1. The van der Waals surface area contributed by atoms with E-state index in [4.69, 9.17) is 21.1 Å². The smallest absolute Gasteiger partial charge is 0.347 e. The zero-order valence-corrected chi connectivity index (χ0v) is 17.4. The van der Waals surface area contributed by atoms with E-state index in [1.807, 2.05) is 0 Å². The van der Waals surface area contributed by atoms with Gasteiger partial charge in [0.1, 0.15) is 6.10 Å². The first-order valence-electron chi connectivity index (χ1n) is 9.03. The number of hydrogen-bond acceptors (Lipinski definition) is 6. The van der Waals surface area contributed by atoms with E-state index in [-0.39, 0.29) is 34.6 Å². The highest BCUT2D eigenvalue weighted by Gasteiger charge is 2.36. The number of anilines is 1. The van der Waals surface area contributed by atoms with Gasteiger partial charge >= 0.3 is 11.9 Å². The molecule has 0 spiro atoms. The molecule has 0 aromatic heterocycles. The molecule has 0 saturated carbocycles. The van der Waals surface area contributed by atoms with Crippen LogP contribution in [-0.2, 0) is 24.3 Å². The lowest BCUT2D eigenvalue weighted by molar-refractivity contribution is -0.147. The highest BCUT2D eigenvalue weighted by molar-refractivity contribution is 7.92. The molecule has 9 heteroatoms. The molecule has 0 radical (unpaired) electrons. The maximum Gasteiger partial charge on any atom is 0.347 e. The summed E-state index contributed by atoms with van der Waals surface area (Å²) in [5.41, 5.74) is 0.362. The quantitative estimate of drug-likeness (QED) is 0.643. The molecule has 2 unspecified atom stereocenters. The van der Waals surface area contributed by atoms with Gasteiger partial charge in [-0.15, -0.1) is 0 Å². The summed E-state index contributed by atoms with van der Waals surface area (Å²) in [5, 5.41) is 0.0242. The van der Waals surface area contributed by atoms with Crippen molar-refractivity contribution in [3.63, 3.8) is 0 Å². The van der Waals surface area contributed by atoms with E-state index in [0.717, 1.165) is 6.07 Å². The zero-order valence-electron chi connectivity index (χ0n) is 15.9. The molecule has 2 aromatic rings. The van der Waals surface area contributed by atoms with Gasteiger partial charge in [-0.3, -0.25) is 4.31 Å². The molecule has 1 heterocycles. The van der Waals surface area contributed by atoms with Crippen molar-refractivity contribution in [2.45, 2.75) is 37.4 Å². The third kappa shape index (κ3) is 4.38. The second-order valence-electron chi connectivity index (χ2n) is 6.52. The zero-order chi connectivity index (χ0) is 21.2. The van der Waals surface area contributed by atoms with Gasteiger partial charge in [0, 0.05) is 13.0 Å². The molecule has 0 bridgehead atoms. The maximum absolute atomic E-state index is 13.1. The average molecular weight is 438 g/mol. The van der Waals surface area contributed by atoms with Crippen LogP contribution in [0, 0.1) is 0 Å². The Kier molecular flexibility index (Phi) is 6.14. The number of hydrogen-bond donors (Lipinski definition) is 0. The number of halogens is 1. The minimum Gasteiger partial charge on any atom is -0.460 e. The molecule has 0 amide bonds. The molecule has 0 aliphatic carbocycles. The Labute approximate surface area is 174 Å². The fraction of sp³-hybridized carbons (Fsp3) is 0.300. The average Bonchev–Trinajstić information content (AvgIpc) is 3.00. The van der Waals surface area contributed by atoms with Crippen molar-refractivity contribution >= 4 is 39.3 Å². The molecule has 2 aromatic carbocycles.